The molecule has 2 aromatic carbocycles. The lowest BCUT2D eigenvalue weighted by Gasteiger charge is -2.23. The molecular formula is C23H26N2O4S2. The maximum Gasteiger partial charge on any atom is 0.265 e. The number of nitrogens with one attached hydrogen (secondary N) is 1. The monoisotopic (exact) mass is 458 g/mol. The fourth-order valence-corrected chi connectivity index (χ4v) is 5.83. The number of nitrogens with zero attached hydrogens (tertiary/aromatic N) is 1. The molecule has 3 aromatic rings. The predicted octanol–water partition coefficient (Wildman–Crippen LogP) is 5.10. The number of carbonyl (C=O) groups excluding carboxylic acids is 1. The van der Waals surface area contributed by atoms with Crippen LogP contribution < -0.4 is 14.4 Å². The molecule has 1 aromatic heterocycles. The van der Waals surface area contributed by atoms with Crippen LogP contribution in [0.1, 0.15) is 34.0 Å². The smallest absolute Gasteiger partial charge is 0.265 e. The molecular weight excluding hydrogens is 432 g/mol. The van der Waals surface area contributed by atoms with Gasteiger partial charge in [0.05, 0.1) is 28.3 Å². The molecule has 0 atom stereocenters. The Morgan fingerprint density at radius 1 is 1.10 bits per heavy atom. The highest BCUT2D eigenvalue weighted by atomic mass is 32.2. The Bertz CT molecular complexity index is 1170. The van der Waals surface area contributed by atoms with Gasteiger partial charge in [-0.15, -0.1) is 11.3 Å². The first-order valence-electron chi connectivity index (χ1n) is 9.98. The van der Waals surface area contributed by atoms with E-state index < -0.39 is 10.0 Å². The Balaban J connectivity index is 1.97. The molecule has 31 heavy (non-hydrogen) atoms. The molecule has 1 N–H and O–H groups in total. The van der Waals surface area contributed by atoms with E-state index in [0.29, 0.717) is 22.0 Å². The summed E-state index contributed by atoms with van der Waals surface area (Å²) in [7, 11) is -2.35. The summed E-state index contributed by atoms with van der Waals surface area (Å²) in [6.45, 7) is 6.08. The summed E-state index contributed by atoms with van der Waals surface area (Å²) in [5.74, 6) is 0.0927. The lowest BCUT2D eigenvalue weighted by molar-refractivity contribution is 0.103. The Kier molecular flexibility index (Phi) is 7.02. The van der Waals surface area contributed by atoms with Gasteiger partial charge in [-0.3, -0.25) is 9.10 Å². The van der Waals surface area contributed by atoms with Crippen LogP contribution in [-0.4, -0.2) is 28.0 Å². The molecule has 164 valence electrons. The summed E-state index contributed by atoms with van der Waals surface area (Å²) in [5, 5.41) is 2.82. The maximum atomic E-state index is 13.3. The van der Waals surface area contributed by atoms with E-state index in [2.05, 4.69) is 5.32 Å². The van der Waals surface area contributed by atoms with Gasteiger partial charge in [0.15, 0.2) is 0 Å². The standard InChI is InChI=1S/C23H26N2O4S2/c1-5-17-14-22(30-16(17)3)23(26)24-20-15-19(12-13-21(20)29-4)31(27,28)25(6-2)18-10-8-7-9-11-18/h7-15H,5-6H2,1-4H3,(H,24,26). The van der Waals surface area contributed by atoms with Gasteiger partial charge < -0.3 is 10.1 Å². The number of sulfonamides is 1. The molecule has 0 aliphatic heterocycles. The van der Waals surface area contributed by atoms with Crippen molar-refractivity contribution in [2.24, 2.45) is 0 Å². The summed E-state index contributed by atoms with van der Waals surface area (Å²) in [5.41, 5.74) is 2.01. The minimum atomic E-state index is -3.83. The zero-order valence-electron chi connectivity index (χ0n) is 18.0. The zero-order valence-corrected chi connectivity index (χ0v) is 19.6. The molecule has 0 saturated carbocycles. The molecule has 0 unspecified atom stereocenters. The topological polar surface area (TPSA) is 75.7 Å². The van der Waals surface area contributed by atoms with Crippen LogP contribution in [0.4, 0.5) is 11.4 Å². The van der Waals surface area contributed by atoms with E-state index >= 15 is 0 Å². The first-order valence-corrected chi connectivity index (χ1v) is 12.2. The molecule has 0 fully saturated rings. The van der Waals surface area contributed by atoms with Gasteiger partial charge >= 0.3 is 0 Å². The summed E-state index contributed by atoms with van der Waals surface area (Å²) in [6.07, 6.45) is 0.846. The molecule has 0 bridgehead atoms. The molecule has 0 aliphatic rings. The molecule has 8 heteroatoms. The van der Waals surface area contributed by atoms with E-state index in [1.807, 2.05) is 26.0 Å². The molecule has 0 spiro atoms. The lowest BCUT2D eigenvalue weighted by Crippen LogP contribution is -2.30. The number of para-hydroxylation sites is 1. The minimum absolute atomic E-state index is 0.0749. The highest BCUT2D eigenvalue weighted by Crippen LogP contribution is 2.32. The summed E-state index contributed by atoms with van der Waals surface area (Å²) in [4.78, 5) is 14.6. The van der Waals surface area contributed by atoms with Gasteiger partial charge in [0.2, 0.25) is 0 Å². The van der Waals surface area contributed by atoms with E-state index in [9.17, 15) is 13.2 Å². The van der Waals surface area contributed by atoms with Crippen LogP contribution in [0.25, 0.3) is 0 Å². The highest BCUT2D eigenvalue weighted by molar-refractivity contribution is 7.92. The van der Waals surface area contributed by atoms with Gasteiger partial charge in [-0.25, -0.2) is 8.42 Å². The van der Waals surface area contributed by atoms with Crippen LogP contribution >= 0.6 is 11.3 Å². The number of hydrogen-bond acceptors (Lipinski definition) is 5. The summed E-state index contributed by atoms with van der Waals surface area (Å²) in [6, 6.07) is 15.3. The van der Waals surface area contributed by atoms with Crippen molar-refractivity contribution in [3.63, 3.8) is 0 Å². The first kappa shape index (κ1) is 22.8. The number of rotatable bonds is 8. The molecule has 0 aliphatic carbocycles. The molecule has 0 saturated heterocycles. The number of ether oxygens (including phenoxy) is 1. The van der Waals surface area contributed by atoms with Crippen molar-refractivity contribution >= 4 is 38.6 Å². The minimum Gasteiger partial charge on any atom is -0.495 e. The third-order valence-corrected chi connectivity index (χ3v) is 7.95. The first-order chi connectivity index (χ1) is 14.8. The van der Waals surface area contributed by atoms with Crippen LogP contribution in [0.5, 0.6) is 5.75 Å². The molecule has 6 nitrogen and oxygen atoms in total. The Morgan fingerprint density at radius 3 is 2.39 bits per heavy atom. The number of thiophene rings is 1. The average Bonchev–Trinajstić information content (AvgIpc) is 3.15. The van der Waals surface area contributed by atoms with Gasteiger partial charge in [0.25, 0.3) is 15.9 Å². The second-order valence-corrected chi connectivity index (χ2v) is 9.99. The molecule has 1 heterocycles. The number of hydrogen-bond donors (Lipinski definition) is 1. The fraction of sp³-hybridized carbons (Fsp3) is 0.261. The number of anilines is 2. The van der Waals surface area contributed by atoms with E-state index in [1.54, 1.807) is 37.3 Å². The third kappa shape index (κ3) is 4.75. The number of aryl methyl sites for hydroxylation is 2. The zero-order chi connectivity index (χ0) is 22.6. The fourth-order valence-electron chi connectivity index (χ4n) is 3.32. The summed E-state index contributed by atoms with van der Waals surface area (Å²) >= 11 is 1.42. The quantitative estimate of drug-likeness (QED) is 0.510. The second kappa shape index (κ2) is 9.53. The maximum absolute atomic E-state index is 13.3. The second-order valence-electron chi connectivity index (χ2n) is 6.87. The SMILES string of the molecule is CCc1cc(C(=O)Nc2cc(S(=O)(=O)N(CC)c3ccccc3)ccc2OC)sc1C. The van der Waals surface area contributed by atoms with Gasteiger partial charge in [0.1, 0.15) is 5.75 Å². The summed E-state index contributed by atoms with van der Waals surface area (Å²) < 4.78 is 33.3. The highest BCUT2D eigenvalue weighted by Gasteiger charge is 2.25. The Hall–Kier alpha value is -2.84. The van der Waals surface area contributed by atoms with E-state index in [0.717, 1.165) is 16.9 Å². The average molecular weight is 459 g/mol. The van der Waals surface area contributed by atoms with Crippen molar-refractivity contribution in [2.45, 2.75) is 32.1 Å². The van der Waals surface area contributed by atoms with Crippen LogP contribution in [-0.2, 0) is 16.4 Å². The van der Waals surface area contributed by atoms with Crippen molar-refractivity contribution in [1.82, 2.24) is 0 Å². The van der Waals surface area contributed by atoms with Crippen LogP contribution in [0.15, 0.2) is 59.5 Å². The van der Waals surface area contributed by atoms with Crippen molar-refractivity contribution in [2.75, 3.05) is 23.3 Å². The largest absolute Gasteiger partial charge is 0.495 e. The van der Waals surface area contributed by atoms with Gasteiger partial charge in [-0.05, 0) is 62.2 Å². The predicted molar refractivity (Wildman–Crippen MR) is 126 cm³/mol. The van der Waals surface area contributed by atoms with Gasteiger partial charge in [0, 0.05) is 11.4 Å². The number of amides is 1. The number of methoxy groups -OCH3 is 1. The molecule has 1 amide bonds. The number of carbonyl (C=O) groups is 1. The Morgan fingerprint density at radius 2 is 1.81 bits per heavy atom. The Labute approximate surface area is 187 Å². The van der Waals surface area contributed by atoms with Crippen molar-refractivity contribution in [3.05, 3.63) is 69.9 Å². The van der Waals surface area contributed by atoms with E-state index in [1.165, 1.54) is 34.9 Å². The molecule has 0 radical (unpaired) electrons. The van der Waals surface area contributed by atoms with Crippen LogP contribution in [0, 0.1) is 6.92 Å². The number of benzene rings is 2. The normalized spacial score (nSPS) is 11.2. The van der Waals surface area contributed by atoms with Gasteiger partial charge in [-0.2, -0.15) is 0 Å². The van der Waals surface area contributed by atoms with Gasteiger partial charge in [-0.1, -0.05) is 25.1 Å². The third-order valence-electron chi connectivity index (χ3n) is 4.96. The van der Waals surface area contributed by atoms with Crippen LogP contribution in [0.2, 0.25) is 0 Å². The van der Waals surface area contributed by atoms with Crippen molar-refractivity contribution < 1.29 is 17.9 Å². The van der Waals surface area contributed by atoms with E-state index in [4.69, 9.17) is 4.74 Å². The van der Waals surface area contributed by atoms with E-state index in [-0.39, 0.29) is 17.3 Å². The lowest BCUT2D eigenvalue weighted by atomic mass is 10.2. The van der Waals surface area contributed by atoms with Crippen molar-refractivity contribution in [1.29, 1.82) is 0 Å². The van der Waals surface area contributed by atoms with Crippen molar-refractivity contribution in [3.8, 4) is 5.75 Å². The molecule has 3 rings (SSSR count). The van der Waals surface area contributed by atoms with Crippen LogP contribution in [0.3, 0.4) is 0 Å².